The Kier molecular flexibility index (Phi) is 43.9. The summed E-state index contributed by atoms with van der Waals surface area (Å²) in [5.74, 6) is -0.321. The lowest BCUT2D eigenvalue weighted by Crippen LogP contribution is -2.37. The molecule has 0 rings (SSSR count). The lowest BCUT2D eigenvalue weighted by Gasteiger charge is -2.24. The second kappa shape index (κ2) is 45.0. The average molecular weight is 881 g/mol. The van der Waals surface area contributed by atoms with E-state index in [2.05, 4.69) is 62.5 Å². The third kappa shape index (κ3) is 49.3. The van der Waals surface area contributed by atoms with Gasteiger partial charge >= 0.3 is 13.8 Å². The molecule has 1 N–H and O–H groups in total. The first-order valence-electron chi connectivity index (χ1n) is 25.4. The highest BCUT2D eigenvalue weighted by molar-refractivity contribution is 7.47. The van der Waals surface area contributed by atoms with E-state index in [4.69, 9.17) is 18.5 Å². The van der Waals surface area contributed by atoms with Crippen molar-refractivity contribution in [3.8, 4) is 0 Å². The number of carbonyl (C=O) groups is 1. The number of phosphoric ester groups is 1. The molecule has 0 aromatic rings. The van der Waals surface area contributed by atoms with Crippen molar-refractivity contribution in [3.05, 3.63) is 48.6 Å². The predicted octanol–water partition coefficient (Wildman–Crippen LogP) is 15.5. The van der Waals surface area contributed by atoms with Gasteiger partial charge in [0.2, 0.25) is 0 Å². The van der Waals surface area contributed by atoms with Gasteiger partial charge in [-0.3, -0.25) is 13.8 Å². The number of unbranched alkanes of at least 4 members (excludes halogenated alkanes) is 25. The molecular formula is C52H99NO7P+. The fraction of sp³-hybridized carbons (Fsp3) is 0.827. The number of hydrogen-bond acceptors (Lipinski definition) is 6. The van der Waals surface area contributed by atoms with Gasteiger partial charge in [0.1, 0.15) is 19.3 Å². The molecule has 358 valence electrons. The number of quaternary nitrogens is 1. The van der Waals surface area contributed by atoms with Crippen molar-refractivity contribution in [2.45, 2.75) is 225 Å². The van der Waals surface area contributed by atoms with Gasteiger partial charge in [-0.15, -0.1) is 0 Å². The molecule has 0 aliphatic heterocycles. The van der Waals surface area contributed by atoms with Crippen LogP contribution in [0.1, 0.15) is 219 Å². The molecule has 9 heteroatoms. The Bertz CT molecular complexity index is 1120. The van der Waals surface area contributed by atoms with Gasteiger partial charge in [-0.05, 0) is 70.6 Å². The molecule has 0 saturated heterocycles. The van der Waals surface area contributed by atoms with Crippen molar-refractivity contribution in [3.63, 3.8) is 0 Å². The van der Waals surface area contributed by atoms with E-state index in [-0.39, 0.29) is 25.8 Å². The first kappa shape index (κ1) is 59.5. The Morgan fingerprint density at radius 3 is 1.44 bits per heavy atom. The van der Waals surface area contributed by atoms with E-state index in [1.54, 1.807) is 0 Å². The maximum Gasteiger partial charge on any atom is 0.472 e. The van der Waals surface area contributed by atoms with Gasteiger partial charge < -0.3 is 18.9 Å². The van der Waals surface area contributed by atoms with E-state index in [0.717, 1.165) is 70.6 Å². The maximum absolute atomic E-state index is 12.7. The zero-order valence-corrected chi connectivity index (χ0v) is 41.5. The zero-order valence-electron chi connectivity index (χ0n) is 40.7. The van der Waals surface area contributed by atoms with Crippen LogP contribution in [0.25, 0.3) is 0 Å². The fourth-order valence-electron chi connectivity index (χ4n) is 6.97. The molecule has 0 aliphatic rings. The highest BCUT2D eigenvalue weighted by Crippen LogP contribution is 2.43. The largest absolute Gasteiger partial charge is 0.472 e. The van der Waals surface area contributed by atoms with Crippen LogP contribution in [0.15, 0.2) is 48.6 Å². The van der Waals surface area contributed by atoms with Crippen LogP contribution in [-0.2, 0) is 27.9 Å². The Morgan fingerprint density at radius 2 is 0.951 bits per heavy atom. The fourth-order valence-corrected chi connectivity index (χ4v) is 7.72. The van der Waals surface area contributed by atoms with Crippen LogP contribution in [0.3, 0.4) is 0 Å². The second-order valence-corrected chi connectivity index (χ2v) is 19.6. The molecule has 0 saturated carbocycles. The number of allylic oxidation sites excluding steroid dienone is 8. The minimum atomic E-state index is -4.28. The van der Waals surface area contributed by atoms with Crippen molar-refractivity contribution in [1.29, 1.82) is 0 Å². The van der Waals surface area contributed by atoms with E-state index in [9.17, 15) is 14.3 Å². The molecule has 61 heavy (non-hydrogen) atoms. The Labute approximate surface area is 378 Å². The summed E-state index contributed by atoms with van der Waals surface area (Å²) >= 11 is 0. The first-order valence-corrected chi connectivity index (χ1v) is 26.9. The molecule has 8 nitrogen and oxygen atoms in total. The second-order valence-electron chi connectivity index (χ2n) is 18.2. The first-order chi connectivity index (χ1) is 29.6. The lowest BCUT2D eigenvalue weighted by atomic mass is 10.0. The van der Waals surface area contributed by atoms with Gasteiger partial charge in [-0.2, -0.15) is 0 Å². The van der Waals surface area contributed by atoms with Crippen molar-refractivity contribution in [1.82, 2.24) is 0 Å². The van der Waals surface area contributed by atoms with E-state index in [0.29, 0.717) is 24.1 Å². The topological polar surface area (TPSA) is 91.3 Å². The number of ether oxygens (including phenoxy) is 2. The lowest BCUT2D eigenvalue weighted by molar-refractivity contribution is -0.870. The van der Waals surface area contributed by atoms with Gasteiger partial charge in [0, 0.05) is 13.0 Å². The molecule has 0 spiro atoms. The van der Waals surface area contributed by atoms with Crippen molar-refractivity contribution in [2.24, 2.45) is 0 Å². The molecule has 0 radical (unpaired) electrons. The number of hydrogen-bond donors (Lipinski definition) is 1. The molecule has 2 unspecified atom stereocenters. The van der Waals surface area contributed by atoms with Gasteiger partial charge in [0.05, 0.1) is 34.4 Å². The van der Waals surface area contributed by atoms with Gasteiger partial charge in [0.15, 0.2) is 0 Å². The number of rotatable bonds is 47. The Balaban J connectivity index is 4.09. The van der Waals surface area contributed by atoms with Crippen LogP contribution in [0.5, 0.6) is 0 Å². The Hall–Kier alpha value is -1.54. The van der Waals surface area contributed by atoms with Crippen LogP contribution in [0, 0.1) is 0 Å². The maximum atomic E-state index is 12.7. The molecule has 0 bridgehead atoms. The number of carbonyl (C=O) groups excluding carboxylic acids is 1. The number of likely N-dealkylation sites (N-methyl/N-ethyl adjacent to an activating group) is 1. The van der Waals surface area contributed by atoms with E-state index < -0.39 is 13.9 Å². The molecule has 0 amide bonds. The van der Waals surface area contributed by atoms with Crippen molar-refractivity contribution < 1.29 is 37.3 Å². The monoisotopic (exact) mass is 881 g/mol. The third-order valence-corrected chi connectivity index (χ3v) is 11.9. The summed E-state index contributed by atoms with van der Waals surface area (Å²) in [6.45, 7) is 5.47. The van der Waals surface area contributed by atoms with Crippen LogP contribution in [-0.4, -0.2) is 75.6 Å². The molecule has 0 fully saturated rings. The van der Waals surface area contributed by atoms with Crippen LogP contribution in [0.2, 0.25) is 0 Å². The number of nitrogens with zero attached hydrogens (tertiary/aromatic N) is 1. The minimum Gasteiger partial charge on any atom is -0.457 e. The van der Waals surface area contributed by atoms with E-state index in [1.165, 1.54) is 128 Å². The van der Waals surface area contributed by atoms with Crippen molar-refractivity contribution in [2.75, 3.05) is 54.1 Å². The van der Waals surface area contributed by atoms with E-state index in [1.807, 2.05) is 21.1 Å². The summed E-state index contributed by atoms with van der Waals surface area (Å²) in [7, 11) is 1.65. The SMILES string of the molecule is CC/C=C\C/C=C\C/C=C\CCCCCCOCC(COP(=O)(O)OCC[N+](C)(C)C)OC(=O)CCCCCCCCCCCCCCC/C=C\CCCCCCCCCC. The summed E-state index contributed by atoms with van der Waals surface area (Å²) in [6, 6.07) is 0. The van der Waals surface area contributed by atoms with Crippen LogP contribution < -0.4 is 0 Å². The van der Waals surface area contributed by atoms with E-state index >= 15 is 0 Å². The van der Waals surface area contributed by atoms with Gasteiger partial charge in [-0.1, -0.05) is 191 Å². The van der Waals surface area contributed by atoms with Crippen LogP contribution in [0.4, 0.5) is 0 Å². The highest BCUT2D eigenvalue weighted by atomic mass is 31.2. The molecule has 0 aromatic heterocycles. The normalized spacial score (nSPS) is 14.0. The smallest absolute Gasteiger partial charge is 0.457 e. The summed E-state index contributed by atoms with van der Waals surface area (Å²) in [5.41, 5.74) is 0. The summed E-state index contributed by atoms with van der Waals surface area (Å²) < 4.78 is 35.1. The van der Waals surface area contributed by atoms with Gasteiger partial charge in [0.25, 0.3) is 0 Å². The molecule has 0 aromatic carbocycles. The van der Waals surface area contributed by atoms with Crippen molar-refractivity contribution >= 4 is 13.8 Å². The number of esters is 1. The van der Waals surface area contributed by atoms with Gasteiger partial charge in [-0.25, -0.2) is 4.57 Å². The molecule has 0 aliphatic carbocycles. The predicted molar refractivity (Wildman–Crippen MR) is 261 cm³/mol. The third-order valence-electron chi connectivity index (χ3n) is 10.9. The number of phosphoric acid groups is 1. The molecular weight excluding hydrogens is 782 g/mol. The zero-order chi connectivity index (χ0) is 44.8. The summed E-state index contributed by atoms with van der Waals surface area (Å²) in [4.78, 5) is 23.0. The Morgan fingerprint density at radius 1 is 0.525 bits per heavy atom. The summed E-state index contributed by atoms with van der Waals surface area (Å²) in [6.07, 6.45) is 56.0. The molecule has 0 heterocycles. The molecule has 2 atom stereocenters. The van der Waals surface area contributed by atoms with Crippen LogP contribution >= 0.6 is 7.82 Å². The minimum absolute atomic E-state index is 0.0833. The standard InChI is InChI=1S/C52H98NO7P/c1-6-8-10-12-14-16-18-20-22-23-24-25-26-27-28-29-30-31-32-33-35-37-39-41-43-45-52(54)60-51(50-59-61(55,56)58-48-46-53(3,4)5)49-57-47-44-42-40-38-36-34-21-19-17-15-13-11-9-7-2/h9,11,15,17,21,23-24,34,51H,6-8,10,12-14,16,18-20,22,25-33,35-50H2,1-5H3/p+1/b11-9-,17-15-,24-23-,34-21-. The summed E-state index contributed by atoms with van der Waals surface area (Å²) in [5, 5.41) is 0. The highest BCUT2D eigenvalue weighted by Gasteiger charge is 2.26. The quantitative estimate of drug-likeness (QED) is 0.0214. The average Bonchev–Trinajstić information content (AvgIpc) is 3.22.